The van der Waals surface area contributed by atoms with Gasteiger partial charge in [-0.2, -0.15) is 0 Å². The van der Waals surface area contributed by atoms with Crippen molar-refractivity contribution in [2.45, 2.75) is 65.1 Å². The highest BCUT2D eigenvalue weighted by Crippen LogP contribution is 2.47. The molecular formula is C15H24O2S. The van der Waals surface area contributed by atoms with E-state index in [0.717, 1.165) is 24.3 Å². The van der Waals surface area contributed by atoms with E-state index in [0.29, 0.717) is 5.92 Å². The van der Waals surface area contributed by atoms with Crippen LogP contribution in [0.5, 0.6) is 11.5 Å². The van der Waals surface area contributed by atoms with Crippen molar-refractivity contribution in [3.05, 3.63) is 10.8 Å². The van der Waals surface area contributed by atoms with Crippen LogP contribution in [0.25, 0.3) is 0 Å². The Kier molecular flexibility index (Phi) is 4.55. The van der Waals surface area contributed by atoms with E-state index in [1.54, 1.807) is 11.3 Å². The third kappa shape index (κ3) is 2.66. The van der Waals surface area contributed by atoms with Crippen molar-refractivity contribution < 1.29 is 9.47 Å². The highest BCUT2D eigenvalue weighted by molar-refractivity contribution is 7.08. The molecule has 1 atom stereocenters. The Morgan fingerprint density at radius 1 is 1.11 bits per heavy atom. The predicted molar refractivity (Wildman–Crippen MR) is 76.5 cm³/mol. The quantitative estimate of drug-likeness (QED) is 0.674. The molecule has 0 saturated heterocycles. The van der Waals surface area contributed by atoms with Crippen molar-refractivity contribution in [3.63, 3.8) is 0 Å². The number of rotatable bonds is 7. The number of hydrogen-bond donors (Lipinski definition) is 0. The number of fused-ring (bicyclic) bond motifs is 1. The zero-order chi connectivity index (χ0) is 13.0. The zero-order valence-electron chi connectivity index (χ0n) is 11.7. The molecule has 0 aromatic carbocycles. The van der Waals surface area contributed by atoms with Crippen molar-refractivity contribution >= 4 is 11.3 Å². The van der Waals surface area contributed by atoms with Gasteiger partial charge >= 0.3 is 0 Å². The Labute approximate surface area is 114 Å². The van der Waals surface area contributed by atoms with Crippen LogP contribution in [0.1, 0.15) is 59.3 Å². The largest absolute Gasteiger partial charge is 0.447 e. The molecule has 0 saturated carbocycles. The summed E-state index contributed by atoms with van der Waals surface area (Å²) in [7, 11) is 0. The van der Waals surface area contributed by atoms with Gasteiger partial charge in [0.1, 0.15) is 0 Å². The lowest BCUT2D eigenvalue weighted by Crippen LogP contribution is -2.45. The second-order valence-corrected chi connectivity index (χ2v) is 6.01. The molecule has 1 aliphatic rings. The highest BCUT2D eigenvalue weighted by Gasteiger charge is 2.45. The second-order valence-electron chi connectivity index (χ2n) is 5.26. The summed E-state index contributed by atoms with van der Waals surface area (Å²) < 4.78 is 12.4. The third-order valence-electron chi connectivity index (χ3n) is 3.78. The van der Waals surface area contributed by atoms with Crippen LogP contribution in [0.2, 0.25) is 0 Å². The van der Waals surface area contributed by atoms with Crippen molar-refractivity contribution in [2.75, 3.05) is 0 Å². The number of thiophene rings is 1. The first-order chi connectivity index (χ1) is 8.72. The van der Waals surface area contributed by atoms with Crippen molar-refractivity contribution in [2.24, 2.45) is 5.92 Å². The van der Waals surface area contributed by atoms with Crippen molar-refractivity contribution in [1.29, 1.82) is 0 Å². The standard InChI is InChI=1S/C15H24O2S/c1-4-6-8-12(3)15(9-7-5-2)16-13-10-18-11-14(13)17-15/h10-12H,4-9H2,1-3H3. The Morgan fingerprint density at radius 3 is 2.28 bits per heavy atom. The molecule has 2 rings (SSSR count). The van der Waals surface area contributed by atoms with Crippen LogP contribution < -0.4 is 9.47 Å². The molecule has 1 aliphatic heterocycles. The first-order valence-corrected chi connectivity index (χ1v) is 8.10. The lowest BCUT2D eigenvalue weighted by Gasteiger charge is -2.33. The summed E-state index contributed by atoms with van der Waals surface area (Å²) in [5.41, 5.74) is 0. The molecule has 0 fully saturated rings. The Morgan fingerprint density at radius 2 is 1.72 bits per heavy atom. The molecule has 1 aromatic rings. The fraction of sp³-hybridized carbons (Fsp3) is 0.733. The van der Waals surface area contributed by atoms with Crippen LogP contribution in [-0.4, -0.2) is 5.79 Å². The molecule has 1 aromatic heterocycles. The highest BCUT2D eigenvalue weighted by atomic mass is 32.1. The summed E-state index contributed by atoms with van der Waals surface area (Å²) >= 11 is 1.65. The first-order valence-electron chi connectivity index (χ1n) is 7.16. The van der Waals surface area contributed by atoms with Crippen LogP contribution in [-0.2, 0) is 0 Å². The van der Waals surface area contributed by atoms with E-state index in [9.17, 15) is 0 Å². The Bertz CT molecular complexity index is 352. The van der Waals surface area contributed by atoms with Gasteiger partial charge in [-0.3, -0.25) is 0 Å². The molecule has 102 valence electrons. The van der Waals surface area contributed by atoms with Crippen LogP contribution in [0.4, 0.5) is 0 Å². The van der Waals surface area contributed by atoms with Gasteiger partial charge < -0.3 is 9.47 Å². The molecule has 18 heavy (non-hydrogen) atoms. The fourth-order valence-electron chi connectivity index (χ4n) is 2.52. The maximum absolute atomic E-state index is 6.18. The topological polar surface area (TPSA) is 18.5 Å². The summed E-state index contributed by atoms with van der Waals surface area (Å²) in [5, 5.41) is 4.10. The molecule has 0 amide bonds. The second kappa shape index (κ2) is 5.96. The average molecular weight is 268 g/mol. The van der Waals surface area contributed by atoms with Crippen molar-refractivity contribution in [3.8, 4) is 11.5 Å². The fourth-order valence-corrected chi connectivity index (χ4v) is 3.16. The predicted octanol–water partition coefficient (Wildman–Crippen LogP) is 5.23. The van der Waals surface area contributed by atoms with Gasteiger partial charge in [-0.15, -0.1) is 11.3 Å². The number of hydrogen-bond acceptors (Lipinski definition) is 3. The van der Waals surface area contributed by atoms with Gasteiger partial charge in [-0.1, -0.05) is 40.0 Å². The lowest BCUT2D eigenvalue weighted by molar-refractivity contribution is -0.130. The van der Waals surface area contributed by atoms with E-state index < -0.39 is 5.79 Å². The van der Waals surface area contributed by atoms with Crippen LogP contribution in [0.3, 0.4) is 0 Å². The van der Waals surface area contributed by atoms with Gasteiger partial charge in [-0.05, 0) is 12.8 Å². The van der Waals surface area contributed by atoms with Gasteiger partial charge in [0, 0.05) is 23.1 Å². The first kappa shape index (κ1) is 13.7. The molecule has 0 spiro atoms. The average Bonchev–Trinajstić information content (AvgIpc) is 2.92. The minimum atomic E-state index is -0.399. The van der Waals surface area contributed by atoms with E-state index in [1.807, 2.05) is 0 Å². The monoisotopic (exact) mass is 268 g/mol. The Hall–Kier alpha value is -0.700. The number of ether oxygens (including phenoxy) is 2. The van der Waals surface area contributed by atoms with Gasteiger partial charge in [0.2, 0.25) is 0 Å². The van der Waals surface area contributed by atoms with E-state index in [2.05, 4.69) is 31.5 Å². The third-order valence-corrected chi connectivity index (χ3v) is 4.48. The van der Waals surface area contributed by atoms with Gasteiger partial charge in [0.25, 0.3) is 5.79 Å². The maximum Gasteiger partial charge on any atom is 0.254 e. The summed E-state index contributed by atoms with van der Waals surface area (Å²) in [5.74, 6) is 1.93. The summed E-state index contributed by atoms with van der Waals surface area (Å²) in [6.07, 6.45) is 6.98. The van der Waals surface area contributed by atoms with Crippen molar-refractivity contribution in [1.82, 2.24) is 0 Å². The van der Waals surface area contributed by atoms with E-state index in [1.165, 1.54) is 25.7 Å². The molecule has 3 heteroatoms. The van der Waals surface area contributed by atoms with E-state index >= 15 is 0 Å². The summed E-state index contributed by atoms with van der Waals surface area (Å²) in [4.78, 5) is 0. The summed E-state index contributed by atoms with van der Waals surface area (Å²) in [6, 6.07) is 0. The van der Waals surface area contributed by atoms with Crippen LogP contribution in [0, 0.1) is 5.92 Å². The smallest absolute Gasteiger partial charge is 0.254 e. The molecule has 0 N–H and O–H groups in total. The minimum Gasteiger partial charge on any atom is -0.447 e. The molecule has 1 unspecified atom stereocenters. The molecular weight excluding hydrogens is 244 g/mol. The molecule has 0 bridgehead atoms. The normalized spacial score (nSPS) is 17.9. The molecule has 2 heterocycles. The molecule has 0 aliphatic carbocycles. The molecule has 0 radical (unpaired) electrons. The SMILES string of the molecule is CCCCC(C)C1(CCCC)Oc2cscc2O1. The van der Waals surface area contributed by atoms with E-state index in [-0.39, 0.29) is 0 Å². The number of unbranched alkanes of at least 4 members (excludes halogenated alkanes) is 2. The van der Waals surface area contributed by atoms with Crippen LogP contribution in [0.15, 0.2) is 10.8 Å². The zero-order valence-corrected chi connectivity index (χ0v) is 12.5. The molecule has 2 nitrogen and oxygen atoms in total. The lowest BCUT2D eigenvalue weighted by atomic mass is 9.90. The van der Waals surface area contributed by atoms with Gasteiger partial charge in [-0.25, -0.2) is 0 Å². The summed E-state index contributed by atoms with van der Waals surface area (Å²) in [6.45, 7) is 6.72. The van der Waals surface area contributed by atoms with Gasteiger partial charge in [0.15, 0.2) is 11.5 Å². The van der Waals surface area contributed by atoms with Crippen LogP contribution >= 0.6 is 11.3 Å². The minimum absolute atomic E-state index is 0.399. The van der Waals surface area contributed by atoms with Gasteiger partial charge in [0.05, 0.1) is 0 Å². The van der Waals surface area contributed by atoms with E-state index in [4.69, 9.17) is 9.47 Å². The maximum atomic E-state index is 6.18. The Balaban J connectivity index is 2.08.